The molecule has 0 atom stereocenters. The smallest absolute Gasteiger partial charge is 0.298 e. The number of para-hydroxylation sites is 1. The van der Waals surface area contributed by atoms with E-state index in [9.17, 15) is 9.59 Å². The predicted octanol–water partition coefficient (Wildman–Crippen LogP) is 5.55. The minimum absolute atomic E-state index is 0.376. The third-order valence-corrected chi connectivity index (χ3v) is 5.42. The van der Waals surface area contributed by atoms with Crippen molar-refractivity contribution in [2.24, 2.45) is 0 Å². The van der Waals surface area contributed by atoms with Crippen LogP contribution in [0.3, 0.4) is 0 Å². The third-order valence-electron chi connectivity index (χ3n) is 5.42. The fraction of sp³-hybridized carbons (Fsp3) is 0.154. The molecule has 0 saturated carbocycles. The number of nitrogens with zero attached hydrogens (tertiary/aromatic N) is 1. The second-order valence-corrected chi connectivity index (χ2v) is 7.21. The Morgan fingerprint density at radius 1 is 0.833 bits per heavy atom. The van der Waals surface area contributed by atoms with E-state index in [2.05, 4.69) is 5.32 Å². The van der Waals surface area contributed by atoms with E-state index in [1.807, 2.05) is 92.8 Å². The molecular weight excluding hydrogens is 372 g/mol. The molecule has 4 heteroatoms. The number of ketones is 1. The van der Waals surface area contributed by atoms with Gasteiger partial charge in [-0.05, 0) is 47.7 Å². The first-order chi connectivity index (χ1) is 14.6. The summed E-state index contributed by atoms with van der Waals surface area (Å²) in [5, 5.41) is 2.91. The Morgan fingerprint density at radius 3 is 2.17 bits per heavy atom. The molecule has 150 valence electrons. The van der Waals surface area contributed by atoms with Crippen molar-refractivity contribution in [2.75, 3.05) is 5.32 Å². The highest BCUT2D eigenvalue weighted by Crippen LogP contribution is 2.29. The maximum atomic E-state index is 13.4. The Balaban J connectivity index is 1.78. The molecule has 4 nitrogen and oxygen atoms in total. The molecule has 0 fully saturated rings. The number of carbonyl (C=O) groups is 2. The van der Waals surface area contributed by atoms with Crippen LogP contribution in [0.1, 0.15) is 35.5 Å². The zero-order valence-electron chi connectivity index (χ0n) is 17.2. The lowest BCUT2D eigenvalue weighted by molar-refractivity contribution is -0.112. The molecule has 0 bridgehead atoms. The average Bonchev–Trinajstić information content (AvgIpc) is 3.18. The fourth-order valence-electron chi connectivity index (χ4n) is 3.87. The molecule has 30 heavy (non-hydrogen) atoms. The van der Waals surface area contributed by atoms with Crippen LogP contribution in [0.25, 0.3) is 16.6 Å². The summed E-state index contributed by atoms with van der Waals surface area (Å²) in [6.45, 7) is 4.08. The first kappa shape index (κ1) is 19.6. The Morgan fingerprint density at radius 2 is 1.50 bits per heavy atom. The van der Waals surface area contributed by atoms with Crippen molar-refractivity contribution in [1.82, 2.24) is 4.40 Å². The van der Waals surface area contributed by atoms with Gasteiger partial charge in [0.05, 0.1) is 0 Å². The number of hydrogen-bond acceptors (Lipinski definition) is 2. The number of pyridine rings is 1. The lowest BCUT2D eigenvalue weighted by Gasteiger charge is -2.14. The number of amides is 1. The van der Waals surface area contributed by atoms with Gasteiger partial charge >= 0.3 is 0 Å². The SMILES string of the molecule is CCc1cccc(CC)c1NC(=O)C(=O)c1c(-c2ccccc2)cc2ccccn12. The van der Waals surface area contributed by atoms with Gasteiger partial charge in [-0.2, -0.15) is 0 Å². The van der Waals surface area contributed by atoms with Crippen LogP contribution in [0.15, 0.2) is 79.0 Å². The van der Waals surface area contributed by atoms with Gasteiger partial charge in [0.1, 0.15) is 5.69 Å². The highest BCUT2D eigenvalue weighted by Gasteiger charge is 2.25. The van der Waals surface area contributed by atoms with Gasteiger partial charge in [0.25, 0.3) is 11.7 Å². The normalized spacial score (nSPS) is 10.9. The van der Waals surface area contributed by atoms with Crippen LogP contribution in [0, 0.1) is 0 Å². The van der Waals surface area contributed by atoms with Crippen molar-refractivity contribution >= 4 is 22.9 Å². The van der Waals surface area contributed by atoms with Crippen LogP contribution in [0.4, 0.5) is 5.69 Å². The summed E-state index contributed by atoms with van der Waals surface area (Å²) in [6, 6.07) is 23.3. The van der Waals surface area contributed by atoms with Crippen molar-refractivity contribution in [2.45, 2.75) is 26.7 Å². The zero-order chi connectivity index (χ0) is 21.1. The van der Waals surface area contributed by atoms with Crippen molar-refractivity contribution in [3.05, 3.63) is 95.8 Å². The number of aromatic nitrogens is 1. The summed E-state index contributed by atoms with van der Waals surface area (Å²) in [5.74, 6) is -1.17. The minimum Gasteiger partial charge on any atom is -0.319 e. The molecule has 0 saturated heterocycles. The van der Waals surface area contributed by atoms with Gasteiger partial charge in [0.15, 0.2) is 0 Å². The van der Waals surface area contributed by atoms with Crippen molar-refractivity contribution in [1.29, 1.82) is 0 Å². The molecule has 1 N–H and O–H groups in total. The maximum absolute atomic E-state index is 13.4. The van der Waals surface area contributed by atoms with Gasteiger partial charge in [-0.1, -0.05) is 68.4 Å². The summed E-state index contributed by atoms with van der Waals surface area (Å²) in [4.78, 5) is 26.5. The first-order valence-electron chi connectivity index (χ1n) is 10.3. The second-order valence-electron chi connectivity index (χ2n) is 7.21. The molecule has 4 aromatic rings. The largest absolute Gasteiger partial charge is 0.319 e. The molecule has 0 spiro atoms. The lowest BCUT2D eigenvalue weighted by Crippen LogP contribution is -2.25. The number of rotatable bonds is 6. The topological polar surface area (TPSA) is 50.6 Å². The van der Waals surface area contributed by atoms with Gasteiger partial charge in [-0.15, -0.1) is 0 Å². The second kappa shape index (κ2) is 8.37. The van der Waals surface area contributed by atoms with Crippen LogP contribution in [-0.2, 0) is 17.6 Å². The van der Waals surface area contributed by atoms with E-state index in [1.54, 1.807) is 4.40 Å². The van der Waals surface area contributed by atoms with E-state index in [0.717, 1.165) is 46.3 Å². The summed E-state index contributed by atoms with van der Waals surface area (Å²) in [5.41, 5.74) is 5.71. The number of anilines is 1. The van der Waals surface area contributed by atoms with Crippen LogP contribution in [0.5, 0.6) is 0 Å². The number of nitrogens with one attached hydrogen (secondary N) is 1. The average molecular weight is 396 g/mol. The Labute approximate surface area is 176 Å². The van der Waals surface area contributed by atoms with Crippen LogP contribution in [0.2, 0.25) is 0 Å². The zero-order valence-corrected chi connectivity index (χ0v) is 17.2. The predicted molar refractivity (Wildman–Crippen MR) is 121 cm³/mol. The fourth-order valence-corrected chi connectivity index (χ4v) is 3.87. The van der Waals surface area contributed by atoms with E-state index >= 15 is 0 Å². The lowest BCUT2D eigenvalue weighted by atomic mass is 10.0. The van der Waals surface area contributed by atoms with E-state index in [-0.39, 0.29) is 0 Å². The van der Waals surface area contributed by atoms with Gasteiger partial charge in [-0.25, -0.2) is 0 Å². The number of fused-ring (bicyclic) bond motifs is 1. The molecule has 2 aromatic carbocycles. The molecular formula is C26H24N2O2. The number of Topliss-reactive ketones (excluding diaryl/α,β-unsaturated/α-hetero) is 1. The molecule has 2 aromatic heterocycles. The monoisotopic (exact) mass is 396 g/mol. The summed E-state index contributed by atoms with van der Waals surface area (Å²) < 4.78 is 1.79. The molecule has 1 amide bonds. The van der Waals surface area contributed by atoms with Crippen LogP contribution < -0.4 is 5.32 Å². The highest BCUT2D eigenvalue weighted by atomic mass is 16.2. The molecule has 2 heterocycles. The van der Waals surface area contributed by atoms with Crippen LogP contribution >= 0.6 is 0 Å². The number of hydrogen-bond donors (Lipinski definition) is 1. The summed E-state index contributed by atoms with van der Waals surface area (Å²) in [7, 11) is 0. The summed E-state index contributed by atoms with van der Waals surface area (Å²) in [6.07, 6.45) is 3.38. The van der Waals surface area contributed by atoms with Gasteiger partial charge < -0.3 is 9.72 Å². The van der Waals surface area contributed by atoms with Gasteiger partial charge in [0.2, 0.25) is 0 Å². The molecule has 0 aliphatic carbocycles. The molecule has 4 rings (SSSR count). The maximum Gasteiger partial charge on any atom is 0.298 e. The van der Waals surface area contributed by atoms with E-state index in [0.29, 0.717) is 5.69 Å². The first-order valence-corrected chi connectivity index (χ1v) is 10.3. The van der Waals surface area contributed by atoms with Crippen molar-refractivity contribution in [3.63, 3.8) is 0 Å². The Hall–Kier alpha value is -3.66. The third kappa shape index (κ3) is 3.52. The number of aryl methyl sites for hydroxylation is 2. The number of carbonyl (C=O) groups excluding carboxylic acids is 2. The van der Waals surface area contributed by atoms with E-state index in [4.69, 9.17) is 0 Å². The molecule has 0 aliphatic rings. The van der Waals surface area contributed by atoms with Crippen molar-refractivity contribution in [3.8, 4) is 11.1 Å². The minimum atomic E-state index is -0.619. The standard InChI is InChI=1S/C26H24N2O2/c1-3-18-13-10-14-19(4-2)23(18)27-26(30)25(29)24-22(20-11-6-5-7-12-20)17-21-15-8-9-16-28(21)24/h5-17H,3-4H2,1-2H3,(H,27,30). The molecule has 0 aliphatic heterocycles. The van der Waals surface area contributed by atoms with Crippen molar-refractivity contribution < 1.29 is 9.59 Å². The van der Waals surface area contributed by atoms with Gasteiger partial charge in [0, 0.05) is 23.0 Å². The molecule has 0 unspecified atom stereocenters. The quantitative estimate of drug-likeness (QED) is 0.343. The van der Waals surface area contributed by atoms with E-state index < -0.39 is 11.7 Å². The Kier molecular flexibility index (Phi) is 5.48. The number of benzene rings is 2. The Bertz CT molecular complexity index is 1200. The summed E-state index contributed by atoms with van der Waals surface area (Å²) >= 11 is 0. The van der Waals surface area contributed by atoms with Crippen LogP contribution in [-0.4, -0.2) is 16.1 Å². The van der Waals surface area contributed by atoms with Gasteiger partial charge in [-0.3, -0.25) is 9.59 Å². The highest BCUT2D eigenvalue weighted by molar-refractivity contribution is 6.47. The van der Waals surface area contributed by atoms with E-state index in [1.165, 1.54) is 0 Å². The molecule has 0 radical (unpaired) electrons.